The van der Waals surface area contributed by atoms with E-state index in [0.717, 1.165) is 37.3 Å². The van der Waals surface area contributed by atoms with Crippen LogP contribution in [0.5, 0.6) is 0 Å². The summed E-state index contributed by atoms with van der Waals surface area (Å²) in [5.74, 6) is -1.51. The average molecular weight is 455 g/mol. The van der Waals surface area contributed by atoms with Crippen LogP contribution in [-0.4, -0.2) is 44.9 Å². The van der Waals surface area contributed by atoms with Gasteiger partial charge < -0.3 is 20.7 Å². The van der Waals surface area contributed by atoms with Gasteiger partial charge in [-0.3, -0.25) is 9.79 Å². The van der Waals surface area contributed by atoms with Crippen molar-refractivity contribution in [2.24, 2.45) is 16.6 Å². The van der Waals surface area contributed by atoms with Crippen molar-refractivity contribution in [2.45, 2.75) is 18.2 Å². The molecule has 2 heterocycles. The van der Waals surface area contributed by atoms with Crippen LogP contribution in [0.1, 0.15) is 16.7 Å². The van der Waals surface area contributed by atoms with Crippen LogP contribution in [0, 0.1) is 28.6 Å². The molecule has 0 aliphatic carbocycles. The maximum Gasteiger partial charge on any atom is 0.229 e. The number of nitrogens with two attached hydrogens (primary N) is 1. The number of allylic oxidation sites excluding steroid dienone is 1. The monoisotopic (exact) mass is 454 g/mol. The normalized spacial score (nSPS) is 24.1. The van der Waals surface area contributed by atoms with Crippen LogP contribution >= 0.6 is 0 Å². The zero-order valence-electron chi connectivity index (χ0n) is 18.9. The standard InChI is InChI=1S/C26H26N6O2/c1-34-26(24(25(29)33)13-20(15-28)16-31-26)21-5-7-22(8-6-21)32-10-9-30-17-23(32)12-18-3-2-4-19(11-18)14-27/h2-8,11,13,16,23-24,30H,9-10,12,17H2,1H3,(H2,29,33). The third-order valence-corrected chi connectivity index (χ3v) is 6.40. The lowest BCUT2D eigenvalue weighted by Gasteiger charge is -2.39. The number of aliphatic imine (C=N–C) groups is 1. The summed E-state index contributed by atoms with van der Waals surface area (Å²) in [7, 11) is 1.48. The maximum atomic E-state index is 12.2. The van der Waals surface area contributed by atoms with Crippen molar-refractivity contribution in [1.29, 1.82) is 10.5 Å². The first-order valence-corrected chi connectivity index (χ1v) is 11.1. The van der Waals surface area contributed by atoms with Gasteiger partial charge in [0.25, 0.3) is 0 Å². The molecule has 0 spiro atoms. The highest BCUT2D eigenvalue weighted by atomic mass is 16.5. The summed E-state index contributed by atoms with van der Waals surface area (Å²) in [6.45, 7) is 2.54. The summed E-state index contributed by atoms with van der Waals surface area (Å²) in [5.41, 5.74) is 8.11. The number of ether oxygens (including phenoxy) is 1. The summed E-state index contributed by atoms with van der Waals surface area (Å²) in [4.78, 5) is 19.0. The van der Waals surface area contributed by atoms with Gasteiger partial charge in [-0.2, -0.15) is 10.5 Å². The minimum Gasteiger partial charge on any atom is -0.369 e. The Bertz CT molecular complexity index is 1210. The summed E-state index contributed by atoms with van der Waals surface area (Å²) in [6, 6.07) is 19.9. The topological polar surface area (TPSA) is 128 Å². The van der Waals surface area contributed by atoms with Gasteiger partial charge in [0.1, 0.15) is 12.0 Å². The van der Waals surface area contributed by atoms with E-state index < -0.39 is 17.6 Å². The molecular formula is C26H26N6O2. The smallest absolute Gasteiger partial charge is 0.229 e. The molecule has 1 saturated heterocycles. The molecule has 3 atom stereocenters. The summed E-state index contributed by atoms with van der Waals surface area (Å²) < 4.78 is 5.74. The molecule has 3 unspecified atom stereocenters. The molecule has 4 rings (SSSR count). The summed E-state index contributed by atoms with van der Waals surface area (Å²) >= 11 is 0. The van der Waals surface area contributed by atoms with Gasteiger partial charge in [-0.25, -0.2) is 0 Å². The average Bonchev–Trinajstić information content (AvgIpc) is 2.88. The van der Waals surface area contributed by atoms with Crippen molar-refractivity contribution < 1.29 is 9.53 Å². The Morgan fingerprint density at radius 2 is 2.06 bits per heavy atom. The highest BCUT2D eigenvalue weighted by molar-refractivity contribution is 5.90. The molecule has 172 valence electrons. The van der Waals surface area contributed by atoms with Gasteiger partial charge in [-0.05, 0) is 42.3 Å². The number of piperazine rings is 1. The van der Waals surface area contributed by atoms with Crippen molar-refractivity contribution in [3.8, 4) is 12.1 Å². The second-order valence-electron chi connectivity index (χ2n) is 8.39. The zero-order chi connectivity index (χ0) is 24.1. The minimum absolute atomic E-state index is 0.220. The Labute approximate surface area is 199 Å². The SMILES string of the molecule is COC1(c2ccc(N3CCNCC3Cc3cccc(C#N)c3)cc2)N=CC(C#N)=CC1C(N)=O. The molecular weight excluding hydrogens is 428 g/mol. The van der Waals surface area contributed by atoms with Crippen molar-refractivity contribution in [3.63, 3.8) is 0 Å². The molecule has 0 aromatic heterocycles. The van der Waals surface area contributed by atoms with Crippen molar-refractivity contribution in [1.82, 2.24) is 5.32 Å². The molecule has 8 nitrogen and oxygen atoms in total. The van der Waals surface area contributed by atoms with Crippen molar-refractivity contribution in [3.05, 3.63) is 76.9 Å². The number of dihydropyridines is 1. The highest BCUT2D eigenvalue weighted by Crippen LogP contribution is 2.39. The van der Waals surface area contributed by atoms with Crippen molar-refractivity contribution in [2.75, 3.05) is 31.6 Å². The first-order valence-electron chi connectivity index (χ1n) is 11.1. The number of methoxy groups -OCH3 is 1. The fraction of sp³-hybridized carbons (Fsp3) is 0.308. The maximum absolute atomic E-state index is 12.2. The number of nitrogens with one attached hydrogen (secondary N) is 1. The number of rotatable bonds is 6. The molecule has 3 N–H and O–H groups in total. The lowest BCUT2D eigenvalue weighted by molar-refractivity contribution is -0.131. The molecule has 0 radical (unpaired) electrons. The largest absolute Gasteiger partial charge is 0.369 e. The predicted octanol–water partition coefficient (Wildman–Crippen LogP) is 2.01. The van der Waals surface area contributed by atoms with Crippen LogP contribution in [0.15, 0.2) is 65.2 Å². The molecule has 1 amide bonds. The molecule has 2 aromatic rings. The third-order valence-electron chi connectivity index (χ3n) is 6.40. The molecule has 0 bridgehead atoms. The minimum atomic E-state index is -1.31. The number of anilines is 1. The molecule has 2 aliphatic heterocycles. The Morgan fingerprint density at radius 1 is 1.26 bits per heavy atom. The van der Waals surface area contributed by atoms with Crippen LogP contribution in [0.2, 0.25) is 0 Å². The lowest BCUT2D eigenvalue weighted by Crippen LogP contribution is -2.52. The Balaban J connectivity index is 1.61. The van der Waals surface area contributed by atoms with E-state index in [0.29, 0.717) is 11.1 Å². The van der Waals surface area contributed by atoms with E-state index in [9.17, 15) is 15.3 Å². The number of amides is 1. The van der Waals surface area contributed by atoms with Crippen LogP contribution in [0.3, 0.4) is 0 Å². The van der Waals surface area contributed by atoms with Crippen LogP contribution in [0.4, 0.5) is 5.69 Å². The van der Waals surface area contributed by atoms with Crippen LogP contribution < -0.4 is 16.0 Å². The molecule has 34 heavy (non-hydrogen) atoms. The van der Waals surface area contributed by atoms with E-state index in [4.69, 9.17) is 10.5 Å². The Kier molecular flexibility index (Phi) is 6.74. The number of hydrogen-bond donors (Lipinski definition) is 2. The van der Waals surface area contributed by atoms with Gasteiger partial charge in [0, 0.05) is 50.3 Å². The number of carbonyl (C=O) groups is 1. The quantitative estimate of drug-likeness (QED) is 0.687. The van der Waals surface area contributed by atoms with E-state index in [1.165, 1.54) is 19.4 Å². The fourth-order valence-corrected chi connectivity index (χ4v) is 4.69. The van der Waals surface area contributed by atoms with Gasteiger partial charge in [0.05, 0.1) is 17.2 Å². The van der Waals surface area contributed by atoms with E-state index in [2.05, 4.69) is 21.3 Å². The number of carbonyl (C=O) groups excluding carboxylic acids is 1. The molecule has 2 aliphatic rings. The zero-order valence-corrected chi connectivity index (χ0v) is 18.9. The highest BCUT2D eigenvalue weighted by Gasteiger charge is 2.44. The van der Waals surface area contributed by atoms with E-state index in [-0.39, 0.29) is 11.6 Å². The molecule has 0 saturated carbocycles. The second-order valence-corrected chi connectivity index (χ2v) is 8.39. The van der Waals surface area contributed by atoms with E-state index in [1.54, 1.807) is 0 Å². The molecule has 8 heteroatoms. The Morgan fingerprint density at radius 3 is 2.74 bits per heavy atom. The van der Waals surface area contributed by atoms with E-state index in [1.807, 2.05) is 54.6 Å². The third kappa shape index (κ3) is 4.42. The predicted molar refractivity (Wildman–Crippen MR) is 129 cm³/mol. The van der Waals surface area contributed by atoms with Gasteiger partial charge in [-0.15, -0.1) is 0 Å². The number of nitrogens with zero attached hydrogens (tertiary/aromatic N) is 4. The fourth-order valence-electron chi connectivity index (χ4n) is 4.69. The van der Waals surface area contributed by atoms with Gasteiger partial charge in [0.2, 0.25) is 5.91 Å². The van der Waals surface area contributed by atoms with Crippen LogP contribution in [0.25, 0.3) is 0 Å². The first-order chi connectivity index (χ1) is 16.5. The number of hydrogen-bond acceptors (Lipinski definition) is 7. The van der Waals surface area contributed by atoms with Gasteiger partial charge in [-0.1, -0.05) is 24.3 Å². The van der Waals surface area contributed by atoms with Gasteiger partial charge >= 0.3 is 0 Å². The Hall–Kier alpha value is -3.98. The molecule has 2 aromatic carbocycles. The number of primary amides is 1. The second kappa shape index (κ2) is 9.88. The van der Waals surface area contributed by atoms with Crippen molar-refractivity contribution >= 4 is 17.8 Å². The van der Waals surface area contributed by atoms with Gasteiger partial charge in [0.15, 0.2) is 5.72 Å². The number of benzene rings is 2. The van der Waals surface area contributed by atoms with E-state index >= 15 is 0 Å². The van der Waals surface area contributed by atoms with Crippen LogP contribution in [-0.2, 0) is 21.7 Å². The number of nitriles is 2. The summed E-state index contributed by atoms with van der Waals surface area (Å²) in [5, 5.41) is 21.9. The molecule has 1 fully saturated rings. The summed E-state index contributed by atoms with van der Waals surface area (Å²) in [6.07, 6.45) is 3.73. The lowest BCUT2D eigenvalue weighted by atomic mass is 9.85. The first kappa shape index (κ1) is 23.2.